The monoisotopic (exact) mass is 408 g/mol. The second-order valence-electron chi connectivity index (χ2n) is 9.77. The van der Waals surface area contributed by atoms with E-state index < -0.39 is 8.32 Å². The third-order valence-electron chi connectivity index (χ3n) is 6.11. The molecule has 3 heteroatoms. The van der Waals surface area contributed by atoms with Crippen LogP contribution >= 0.6 is 0 Å². The van der Waals surface area contributed by atoms with E-state index >= 15 is 0 Å². The van der Waals surface area contributed by atoms with Gasteiger partial charge in [-0.1, -0.05) is 93.1 Å². The summed E-state index contributed by atoms with van der Waals surface area (Å²) in [5.41, 5.74) is 1.46. The first kappa shape index (κ1) is 22.0. The minimum Gasteiger partial charge on any atom is -0.404 e. The highest BCUT2D eigenvalue weighted by Gasteiger charge is 2.50. The Labute approximate surface area is 178 Å². The summed E-state index contributed by atoms with van der Waals surface area (Å²) in [6.45, 7) is 14.2. The van der Waals surface area contributed by atoms with E-state index in [1.807, 2.05) is 0 Å². The molecule has 2 aromatic rings. The molecule has 0 aliphatic carbocycles. The van der Waals surface area contributed by atoms with Crippen molar-refractivity contribution in [1.82, 2.24) is 0 Å². The molecule has 156 valence electrons. The fraction of sp³-hybridized carbons (Fsp3) is 0.462. The SMILES string of the molecule is CC(=CCO[Si](c1ccccc1)(c1ccccc1)C(C)(C)C)CCC1OC1(C)C. The number of rotatable bonds is 8. The van der Waals surface area contributed by atoms with Crippen LogP contribution in [0, 0.1) is 0 Å². The van der Waals surface area contributed by atoms with Gasteiger partial charge in [-0.25, -0.2) is 0 Å². The Hall–Kier alpha value is -1.68. The number of allylic oxidation sites excluding steroid dienone is 1. The second kappa shape index (κ2) is 8.59. The van der Waals surface area contributed by atoms with Crippen molar-refractivity contribution in [1.29, 1.82) is 0 Å². The molecule has 1 heterocycles. The van der Waals surface area contributed by atoms with Gasteiger partial charge in [0.1, 0.15) is 0 Å². The Bertz CT molecular complexity index is 779. The maximum absolute atomic E-state index is 6.93. The van der Waals surface area contributed by atoms with E-state index in [4.69, 9.17) is 9.16 Å². The van der Waals surface area contributed by atoms with E-state index in [-0.39, 0.29) is 10.6 Å². The predicted octanol–water partition coefficient (Wildman–Crippen LogP) is 5.47. The summed E-state index contributed by atoms with van der Waals surface area (Å²) in [5.74, 6) is 0. The van der Waals surface area contributed by atoms with E-state index in [0.29, 0.717) is 12.7 Å². The first-order chi connectivity index (χ1) is 13.7. The number of epoxide rings is 1. The lowest BCUT2D eigenvalue weighted by Crippen LogP contribution is -2.66. The maximum Gasteiger partial charge on any atom is 0.261 e. The molecule has 1 aliphatic rings. The summed E-state index contributed by atoms with van der Waals surface area (Å²) >= 11 is 0. The Morgan fingerprint density at radius 2 is 1.48 bits per heavy atom. The standard InChI is InChI=1S/C26H36O2Si/c1-21(17-18-24-26(5,6)28-24)19-20-27-29(25(2,3)4,22-13-9-7-10-14-22)23-15-11-8-12-16-23/h7-16,19,24H,17-18,20H2,1-6H3. The van der Waals surface area contributed by atoms with Gasteiger partial charge in [-0.15, -0.1) is 0 Å². The molecule has 2 nitrogen and oxygen atoms in total. The molecule has 1 atom stereocenters. The van der Waals surface area contributed by atoms with Crippen LogP contribution in [-0.4, -0.2) is 26.6 Å². The molecule has 29 heavy (non-hydrogen) atoms. The van der Waals surface area contributed by atoms with Crippen molar-refractivity contribution in [2.45, 2.75) is 71.1 Å². The summed E-state index contributed by atoms with van der Waals surface area (Å²) in [5, 5.41) is 2.68. The molecule has 1 aliphatic heterocycles. The zero-order valence-corrected chi connectivity index (χ0v) is 19.9. The van der Waals surface area contributed by atoms with Gasteiger partial charge in [0.2, 0.25) is 0 Å². The quantitative estimate of drug-likeness (QED) is 0.328. The van der Waals surface area contributed by atoms with Crippen LogP contribution in [0.15, 0.2) is 72.3 Å². The molecular weight excluding hydrogens is 372 g/mol. The largest absolute Gasteiger partial charge is 0.404 e. The van der Waals surface area contributed by atoms with Crippen molar-refractivity contribution in [3.05, 3.63) is 72.3 Å². The highest BCUT2D eigenvalue weighted by Crippen LogP contribution is 2.39. The van der Waals surface area contributed by atoms with Gasteiger partial charge in [0, 0.05) is 0 Å². The first-order valence-electron chi connectivity index (χ1n) is 10.8. The van der Waals surface area contributed by atoms with Gasteiger partial charge in [-0.05, 0) is 49.0 Å². The van der Waals surface area contributed by atoms with E-state index in [2.05, 4.69) is 108 Å². The Morgan fingerprint density at radius 1 is 1.00 bits per heavy atom. The van der Waals surface area contributed by atoms with Crippen LogP contribution < -0.4 is 10.4 Å². The number of ether oxygens (including phenoxy) is 1. The highest BCUT2D eigenvalue weighted by atomic mass is 28.4. The number of hydrogen-bond donors (Lipinski definition) is 0. The van der Waals surface area contributed by atoms with Crippen molar-refractivity contribution in [2.75, 3.05) is 6.61 Å². The van der Waals surface area contributed by atoms with Crippen LogP contribution in [0.4, 0.5) is 0 Å². The average molecular weight is 409 g/mol. The fourth-order valence-electron chi connectivity index (χ4n) is 4.27. The van der Waals surface area contributed by atoms with Crippen LogP contribution in [0.25, 0.3) is 0 Å². The highest BCUT2D eigenvalue weighted by molar-refractivity contribution is 6.99. The molecule has 0 N–H and O–H groups in total. The predicted molar refractivity (Wildman–Crippen MR) is 126 cm³/mol. The third kappa shape index (κ3) is 4.91. The summed E-state index contributed by atoms with van der Waals surface area (Å²) in [4.78, 5) is 0. The van der Waals surface area contributed by atoms with Crippen LogP contribution in [-0.2, 0) is 9.16 Å². The zero-order valence-electron chi connectivity index (χ0n) is 18.9. The van der Waals surface area contributed by atoms with Crippen molar-refractivity contribution >= 4 is 18.7 Å². The molecule has 1 unspecified atom stereocenters. The molecule has 0 spiro atoms. The van der Waals surface area contributed by atoms with Gasteiger partial charge in [-0.3, -0.25) is 0 Å². The second-order valence-corrected chi connectivity index (χ2v) is 14.1. The van der Waals surface area contributed by atoms with Crippen LogP contribution in [0.2, 0.25) is 5.04 Å². The lowest BCUT2D eigenvalue weighted by molar-refractivity contribution is 0.319. The smallest absolute Gasteiger partial charge is 0.261 e. The molecule has 2 aromatic carbocycles. The van der Waals surface area contributed by atoms with Gasteiger partial charge in [0.05, 0.1) is 18.3 Å². The fourth-order valence-corrected chi connectivity index (χ4v) is 8.76. The van der Waals surface area contributed by atoms with Crippen molar-refractivity contribution in [3.8, 4) is 0 Å². The topological polar surface area (TPSA) is 21.8 Å². The molecule has 3 rings (SSSR count). The van der Waals surface area contributed by atoms with E-state index in [0.717, 1.165) is 12.8 Å². The lowest BCUT2D eigenvalue weighted by Gasteiger charge is -2.42. The minimum absolute atomic E-state index is 0.0172. The maximum atomic E-state index is 6.93. The van der Waals surface area contributed by atoms with Crippen LogP contribution in [0.5, 0.6) is 0 Å². The molecule has 0 bridgehead atoms. The van der Waals surface area contributed by atoms with Crippen molar-refractivity contribution < 1.29 is 9.16 Å². The Balaban J connectivity index is 1.83. The first-order valence-corrected chi connectivity index (χ1v) is 12.7. The van der Waals surface area contributed by atoms with Crippen LogP contribution in [0.3, 0.4) is 0 Å². The lowest BCUT2D eigenvalue weighted by atomic mass is 10.0. The summed E-state index contributed by atoms with van der Waals surface area (Å²) in [7, 11) is -2.44. The normalized spacial score (nSPS) is 19.2. The number of hydrogen-bond acceptors (Lipinski definition) is 2. The molecule has 0 radical (unpaired) electrons. The van der Waals surface area contributed by atoms with Gasteiger partial charge in [0.25, 0.3) is 8.32 Å². The summed E-state index contributed by atoms with van der Waals surface area (Å²) in [6, 6.07) is 21.7. The van der Waals surface area contributed by atoms with Crippen molar-refractivity contribution in [3.63, 3.8) is 0 Å². The Morgan fingerprint density at radius 3 is 1.90 bits per heavy atom. The van der Waals surface area contributed by atoms with E-state index in [9.17, 15) is 0 Å². The minimum atomic E-state index is -2.44. The van der Waals surface area contributed by atoms with Gasteiger partial charge in [-0.2, -0.15) is 0 Å². The molecule has 1 saturated heterocycles. The zero-order chi connectivity index (χ0) is 21.1. The van der Waals surface area contributed by atoms with Crippen molar-refractivity contribution in [2.24, 2.45) is 0 Å². The molecule has 0 aromatic heterocycles. The average Bonchev–Trinajstić information content (AvgIpc) is 3.30. The molecule has 0 saturated carbocycles. The Kier molecular flexibility index (Phi) is 6.52. The van der Waals surface area contributed by atoms with Crippen LogP contribution in [0.1, 0.15) is 54.4 Å². The van der Waals surface area contributed by atoms with Gasteiger partial charge < -0.3 is 9.16 Å². The molecule has 1 fully saturated rings. The summed E-state index contributed by atoms with van der Waals surface area (Å²) in [6.07, 6.45) is 4.84. The van der Waals surface area contributed by atoms with Gasteiger partial charge in [0.15, 0.2) is 0 Å². The van der Waals surface area contributed by atoms with E-state index in [1.165, 1.54) is 15.9 Å². The van der Waals surface area contributed by atoms with Gasteiger partial charge >= 0.3 is 0 Å². The summed E-state index contributed by atoms with van der Waals surface area (Å²) < 4.78 is 12.7. The molecular formula is C26H36O2Si. The number of benzene rings is 2. The van der Waals surface area contributed by atoms with E-state index in [1.54, 1.807) is 0 Å². The molecule has 0 amide bonds. The third-order valence-corrected chi connectivity index (χ3v) is 11.1.